The second-order valence-electron chi connectivity index (χ2n) is 4.48. The summed E-state index contributed by atoms with van der Waals surface area (Å²) in [5, 5.41) is 10.3. The summed E-state index contributed by atoms with van der Waals surface area (Å²) in [5.41, 5.74) is -0.394. The molecule has 3 nitrogen and oxygen atoms in total. The van der Waals surface area contributed by atoms with E-state index in [0.717, 1.165) is 37.9 Å². The van der Waals surface area contributed by atoms with Crippen LogP contribution in [-0.2, 0) is 9.47 Å². The van der Waals surface area contributed by atoms with Crippen molar-refractivity contribution in [2.75, 3.05) is 13.7 Å². The first-order valence-corrected chi connectivity index (χ1v) is 5.84. The van der Waals surface area contributed by atoms with Crippen molar-refractivity contribution in [3.05, 3.63) is 11.8 Å². The molecule has 0 amide bonds. The number of hydrogen-bond acceptors (Lipinski definition) is 3. The summed E-state index contributed by atoms with van der Waals surface area (Å²) in [6.45, 7) is 0.701. The molecular weight excluding hydrogens is 192 g/mol. The highest BCUT2D eigenvalue weighted by Gasteiger charge is 2.42. The molecule has 0 aromatic heterocycles. The van der Waals surface area contributed by atoms with Gasteiger partial charge in [-0.25, -0.2) is 0 Å². The van der Waals surface area contributed by atoms with Crippen LogP contribution in [0.3, 0.4) is 0 Å². The van der Waals surface area contributed by atoms with E-state index in [1.807, 2.05) is 6.08 Å². The van der Waals surface area contributed by atoms with Gasteiger partial charge in [0.25, 0.3) is 0 Å². The zero-order valence-electron chi connectivity index (χ0n) is 9.37. The Balaban J connectivity index is 2.09. The van der Waals surface area contributed by atoms with Crippen LogP contribution in [0.1, 0.15) is 38.5 Å². The lowest BCUT2D eigenvalue weighted by Gasteiger charge is -2.39. The minimum absolute atomic E-state index is 0.394. The molecule has 0 spiro atoms. The summed E-state index contributed by atoms with van der Waals surface area (Å²) in [4.78, 5) is 0. The number of aliphatic hydroxyl groups excluding tert-OH is 1. The number of ether oxygens (including phenoxy) is 2. The molecule has 1 fully saturated rings. The van der Waals surface area contributed by atoms with Crippen molar-refractivity contribution in [2.45, 2.75) is 50.2 Å². The highest BCUT2D eigenvalue weighted by molar-refractivity contribution is 5.12. The first-order valence-electron chi connectivity index (χ1n) is 5.84. The molecule has 0 aromatic rings. The lowest BCUT2D eigenvalue weighted by Crippen LogP contribution is -2.46. The molecule has 3 heteroatoms. The Morgan fingerprint density at radius 2 is 2.13 bits per heavy atom. The van der Waals surface area contributed by atoms with Gasteiger partial charge in [0.15, 0.2) is 0 Å². The average Bonchev–Trinajstić information content (AvgIpc) is 2.82. The van der Waals surface area contributed by atoms with E-state index in [1.54, 1.807) is 7.11 Å². The van der Waals surface area contributed by atoms with Gasteiger partial charge in [-0.15, -0.1) is 0 Å². The van der Waals surface area contributed by atoms with Crippen molar-refractivity contribution in [1.82, 2.24) is 0 Å². The van der Waals surface area contributed by atoms with Gasteiger partial charge in [-0.3, -0.25) is 0 Å². The summed E-state index contributed by atoms with van der Waals surface area (Å²) in [5.74, 6) is 0.721. The highest BCUT2D eigenvalue weighted by atomic mass is 16.5. The van der Waals surface area contributed by atoms with Gasteiger partial charge in [0.1, 0.15) is 17.5 Å². The third kappa shape index (κ3) is 2.04. The minimum Gasteiger partial charge on any atom is -0.495 e. The van der Waals surface area contributed by atoms with Crippen LogP contribution < -0.4 is 0 Å². The molecule has 1 saturated carbocycles. The van der Waals surface area contributed by atoms with E-state index in [4.69, 9.17) is 9.47 Å². The van der Waals surface area contributed by atoms with Crippen LogP contribution in [0, 0.1) is 0 Å². The van der Waals surface area contributed by atoms with E-state index in [1.165, 1.54) is 6.42 Å². The Morgan fingerprint density at radius 1 is 1.40 bits per heavy atom. The van der Waals surface area contributed by atoms with Crippen molar-refractivity contribution >= 4 is 0 Å². The van der Waals surface area contributed by atoms with Crippen molar-refractivity contribution in [3.8, 4) is 0 Å². The third-order valence-electron chi connectivity index (χ3n) is 3.61. The van der Waals surface area contributed by atoms with Crippen LogP contribution in [-0.4, -0.2) is 30.5 Å². The fraction of sp³-hybridized carbons (Fsp3) is 0.833. The van der Waals surface area contributed by atoms with Crippen molar-refractivity contribution < 1.29 is 14.6 Å². The van der Waals surface area contributed by atoms with E-state index >= 15 is 0 Å². The summed E-state index contributed by atoms with van der Waals surface area (Å²) >= 11 is 0. The first kappa shape index (κ1) is 11.0. The molecule has 0 radical (unpaired) electrons. The fourth-order valence-corrected chi connectivity index (χ4v) is 2.63. The van der Waals surface area contributed by atoms with Crippen molar-refractivity contribution in [2.24, 2.45) is 0 Å². The van der Waals surface area contributed by atoms with E-state index in [9.17, 15) is 5.11 Å². The summed E-state index contributed by atoms with van der Waals surface area (Å²) < 4.78 is 11.0. The Hall–Kier alpha value is -0.540. The highest BCUT2D eigenvalue weighted by Crippen LogP contribution is 2.37. The predicted octanol–water partition coefficient (Wildman–Crippen LogP) is 2.00. The molecule has 2 aliphatic rings. The molecule has 1 heterocycles. The van der Waals surface area contributed by atoms with Crippen LogP contribution in [0.5, 0.6) is 0 Å². The van der Waals surface area contributed by atoms with E-state index in [-0.39, 0.29) is 0 Å². The normalized spacial score (nSPS) is 26.9. The Bertz CT molecular complexity index is 241. The zero-order chi connectivity index (χ0) is 10.7. The first-order chi connectivity index (χ1) is 7.28. The van der Waals surface area contributed by atoms with Crippen molar-refractivity contribution in [3.63, 3.8) is 0 Å². The predicted molar refractivity (Wildman–Crippen MR) is 57.5 cm³/mol. The quantitative estimate of drug-likeness (QED) is 0.777. The molecule has 15 heavy (non-hydrogen) atoms. The summed E-state index contributed by atoms with van der Waals surface area (Å²) in [7, 11) is 1.70. The van der Waals surface area contributed by atoms with Crippen LogP contribution in [0.4, 0.5) is 0 Å². The monoisotopic (exact) mass is 212 g/mol. The molecule has 1 unspecified atom stereocenters. The van der Waals surface area contributed by atoms with E-state index < -0.39 is 11.7 Å². The second-order valence-corrected chi connectivity index (χ2v) is 4.48. The van der Waals surface area contributed by atoms with Crippen LogP contribution >= 0.6 is 0 Å². The lowest BCUT2D eigenvalue weighted by molar-refractivity contribution is -0.121. The van der Waals surface area contributed by atoms with Gasteiger partial charge in [0.2, 0.25) is 0 Å². The molecule has 1 N–H and O–H groups in total. The molecule has 86 valence electrons. The standard InChI is InChI=1S/C12H20O3/c1-14-12(7-3-2-4-8-12)11(13)10-6-5-9-15-10/h6,11,13H,2-5,7-9H2,1H3. The number of hydrogen-bond donors (Lipinski definition) is 1. The lowest BCUT2D eigenvalue weighted by atomic mass is 9.80. The molecule has 0 saturated heterocycles. The molecule has 1 aliphatic carbocycles. The van der Waals surface area contributed by atoms with Crippen molar-refractivity contribution in [1.29, 1.82) is 0 Å². The average molecular weight is 212 g/mol. The van der Waals surface area contributed by atoms with Crippen LogP contribution in [0.25, 0.3) is 0 Å². The molecule has 0 aromatic carbocycles. The van der Waals surface area contributed by atoms with Crippen LogP contribution in [0.15, 0.2) is 11.8 Å². The Kier molecular flexibility index (Phi) is 3.32. The Morgan fingerprint density at radius 3 is 2.67 bits per heavy atom. The summed E-state index contributed by atoms with van der Waals surface area (Å²) in [6, 6.07) is 0. The van der Waals surface area contributed by atoms with Gasteiger partial charge in [-0.2, -0.15) is 0 Å². The SMILES string of the molecule is COC1(C(O)C2=CCCO2)CCCCC1. The number of methoxy groups -OCH3 is 1. The third-order valence-corrected chi connectivity index (χ3v) is 3.61. The maximum Gasteiger partial charge on any atom is 0.139 e. The molecule has 2 rings (SSSR count). The topological polar surface area (TPSA) is 38.7 Å². The minimum atomic E-state index is -0.578. The molecule has 0 bridgehead atoms. The molecule has 1 aliphatic heterocycles. The maximum absolute atomic E-state index is 10.3. The second kappa shape index (κ2) is 4.54. The van der Waals surface area contributed by atoms with Gasteiger partial charge in [0.05, 0.1) is 6.61 Å². The van der Waals surface area contributed by atoms with Gasteiger partial charge < -0.3 is 14.6 Å². The zero-order valence-corrected chi connectivity index (χ0v) is 9.37. The maximum atomic E-state index is 10.3. The largest absolute Gasteiger partial charge is 0.495 e. The molecule has 1 atom stereocenters. The van der Waals surface area contributed by atoms with Gasteiger partial charge >= 0.3 is 0 Å². The number of rotatable bonds is 3. The number of aliphatic hydroxyl groups is 1. The van der Waals surface area contributed by atoms with Gasteiger partial charge in [-0.05, 0) is 18.9 Å². The van der Waals surface area contributed by atoms with E-state index in [0.29, 0.717) is 6.61 Å². The fourth-order valence-electron chi connectivity index (χ4n) is 2.63. The van der Waals surface area contributed by atoms with Gasteiger partial charge in [-0.1, -0.05) is 19.3 Å². The van der Waals surface area contributed by atoms with Crippen LogP contribution in [0.2, 0.25) is 0 Å². The van der Waals surface area contributed by atoms with E-state index in [2.05, 4.69) is 0 Å². The Labute approximate surface area is 91.1 Å². The van der Waals surface area contributed by atoms with Gasteiger partial charge in [0, 0.05) is 13.5 Å². The smallest absolute Gasteiger partial charge is 0.139 e. The summed E-state index contributed by atoms with van der Waals surface area (Å²) in [6.07, 6.45) is 7.71. The molecular formula is C12H20O3.